The summed E-state index contributed by atoms with van der Waals surface area (Å²) in [7, 11) is -5.05. The standard InChI is InChI=1S/C9H18O9SSe/c10-1-8(18-19(15,16)17)5(11)2-20-3-6(12)9(14)7(13)4-20/h5-14H,1-4H2/t5-,6-,7+,8-,9?,20?/m0/s1. The van der Waals surface area contributed by atoms with Gasteiger partial charge in [-0.05, 0) is 0 Å². The fourth-order valence-corrected chi connectivity index (χ4v) is 7.52. The zero-order valence-corrected chi connectivity index (χ0v) is 12.9. The minimum absolute atomic E-state index is 0.0294. The summed E-state index contributed by atoms with van der Waals surface area (Å²) >= 11 is -1.73. The van der Waals surface area contributed by atoms with Crippen LogP contribution < -0.4 is 0 Å². The van der Waals surface area contributed by atoms with Crippen LogP contribution in [0.1, 0.15) is 0 Å². The third-order valence-corrected chi connectivity index (χ3v) is 8.46. The van der Waals surface area contributed by atoms with Crippen molar-refractivity contribution in [1.82, 2.24) is 0 Å². The van der Waals surface area contributed by atoms with Crippen molar-refractivity contribution in [1.29, 1.82) is 0 Å². The maximum absolute atomic E-state index is 10.4. The monoisotopic (exact) mass is 382 g/mol. The molecule has 0 aliphatic carbocycles. The summed E-state index contributed by atoms with van der Waals surface area (Å²) in [4.78, 5) is 0. The van der Waals surface area contributed by atoms with Gasteiger partial charge in [-0.1, -0.05) is 0 Å². The summed E-state index contributed by atoms with van der Waals surface area (Å²) in [6, 6.07) is 0. The van der Waals surface area contributed by atoms with Crippen LogP contribution in [0.15, 0.2) is 0 Å². The maximum atomic E-state index is 10.4. The Morgan fingerprint density at radius 3 is 2.15 bits per heavy atom. The summed E-state index contributed by atoms with van der Waals surface area (Å²) < 4.78 is 35.4. The van der Waals surface area contributed by atoms with Gasteiger partial charge in [-0.3, -0.25) is 0 Å². The predicted molar refractivity (Wildman–Crippen MR) is 65.9 cm³/mol. The fraction of sp³-hybridized carbons (Fsp3) is 1.00. The Morgan fingerprint density at radius 2 is 1.75 bits per heavy atom. The van der Waals surface area contributed by atoms with Gasteiger partial charge < -0.3 is 0 Å². The molecule has 120 valence electrons. The van der Waals surface area contributed by atoms with Gasteiger partial charge in [-0.25, -0.2) is 0 Å². The van der Waals surface area contributed by atoms with Crippen LogP contribution >= 0.6 is 0 Å². The third kappa shape index (κ3) is 5.52. The summed E-state index contributed by atoms with van der Waals surface area (Å²) in [6.45, 7) is -0.852. The van der Waals surface area contributed by atoms with Crippen LogP contribution in [0.25, 0.3) is 0 Å². The number of aliphatic hydroxyl groups excluding tert-OH is 5. The van der Waals surface area contributed by atoms with Crippen molar-refractivity contribution < 1.29 is 42.7 Å². The molecule has 1 aliphatic heterocycles. The van der Waals surface area contributed by atoms with Crippen LogP contribution in [-0.2, 0) is 14.6 Å². The van der Waals surface area contributed by atoms with Crippen molar-refractivity contribution in [2.24, 2.45) is 0 Å². The van der Waals surface area contributed by atoms with Gasteiger partial charge >= 0.3 is 120 Å². The van der Waals surface area contributed by atoms with Crippen LogP contribution in [0.4, 0.5) is 0 Å². The Labute approximate surface area is 120 Å². The van der Waals surface area contributed by atoms with Crippen molar-refractivity contribution in [2.45, 2.75) is 46.5 Å². The van der Waals surface area contributed by atoms with Crippen LogP contribution in [-0.4, -0.2) is 89.5 Å². The third-order valence-electron chi connectivity index (χ3n) is 2.86. The zero-order chi connectivity index (χ0) is 15.5. The van der Waals surface area contributed by atoms with Crippen molar-refractivity contribution >= 4 is 24.3 Å². The van der Waals surface area contributed by atoms with Gasteiger partial charge in [0.2, 0.25) is 0 Å². The first kappa shape index (κ1) is 18.2. The Bertz CT molecular complexity index is 390. The molecule has 1 saturated heterocycles. The van der Waals surface area contributed by atoms with E-state index in [2.05, 4.69) is 4.18 Å². The SMILES string of the molecule is O=S(=O)([O-])O[C@@H](CO)[C@@H](O)C[Se+]1C[C@@H](O)C(O)[C@@H](O)C1. The van der Waals surface area contributed by atoms with E-state index in [4.69, 9.17) is 5.11 Å². The molecule has 0 aromatic rings. The van der Waals surface area contributed by atoms with Gasteiger partial charge in [-0.15, -0.1) is 0 Å². The molecule has 11 heteroatoms. The van der Waals surface area contributed by atoms with E-state index in [0.29, 0.717) is 0 Å². The molecule has 0 aromatic heterocycles. The fourth-order valence-electron chi connectivity index (χ4n) is 1.86. The molecule has 1 heterocycles. The second-order valence-corrected chi connectivity index (χ2v) is 10.2. The van der Waals surface area contributed by atoms with Gasteiger partial charge in [0.25, 0.3) is 0 Å². The number of aliphatic hydroxyl groups is 5. The summed E-state index contributed by atoms with van der Waals surface area (Å²) in [5.74, 6) is 0. The molecule has 9 nitrogen and oxygen atoms in total. The van der Waals surface area contributed by atoms with E-state index >= 15 is 0 Å². The first-order valence-corrected chi connectivity index (χ1v) is 10.7. The Kier molecular flexibility index (Phi) is 6.80. The first-order chi connectivity index (χ1) is 9.14. The van der Waals surface area contributed by atoms with Crippen LogP contribution in [0.3, 0.4) is 0 Å². The molecule has 0 saturated carbocycles. The Hall–Kier alpha value is 0.189. The molecule has 0 aromatic carbocycles. The van der Waals surface area contributed by atoms with Crippen LogP contribution in [0, 0.1) is 0 Å². The molecule has 0 amide bonds. The molecular weight excluding hydrogens is 363 g/mol. The van der Waals surface area contributed by atoms with E-state index in [9.17, 15) is 33.4 Å². The molecule has 5 N–H and O–H groups in total. The second kappa shape index (κ2) is 7.45. The average Bonchev–Trinajstić information content (AvgIpc) is 2.31. The van der Waals surface area contributed by atoms with Gasteiger partial charge in [0.15, 0.2) is 0 Å². The Balaban J connectivity index is 2.58. The molecule has 20 heavy (non-hydrogen) atoms. The first-order valence-electron chi connectivity index (χ1n) is 5.75. The van der Waals surface area contributed by atoms with E-state index in [1.165, 1.54) is 0 Å². The van der Waals surface area contributed by atoms with Crippen molar-refractivity contribution in [2.75, 3.05) is 6.61 Å². The molecule has 1 fully saturated rings. The molecule has 1 rings (SSSR count). The molecule has 0 spiro atoms. The molecular formula is C9H18O9SSe. The molecule has 2 unspecified atom stereocenters. The van der Waals surface area contributed by atoms with E-state index in [0.717, 1.165) is 0 Å². The van der Waals surface area contributed by atoms with E-state index in [1.807, 2.05) is 0 Å². The van der Waals surface area contributed by atoms with E-state index in [-0.39, 0.29) is 16.0 Å². The average molecular weight is 381 g/mol. The van der Waals surface area contributed by atoms with E-state index < -0.39 is 61.4 Å². The second-order valence-electron chi connectivity index (χ2n) is 4.53. The summed E-state index contributed by atoms with van der Waals surface area (Å²) in [5, 5.41) is 47.6. The molecule has 1 aliphatic rings. The minimum atomic E-state index is -5.05. The van der Waals surface area contributed by atoms with E-state index in [1.54, 1.807) is 0 Å². The summed E-state index contributed by atoms with van der Waals surface area (Å²) in [5.41, 5.74) is 0. The number of hydrogen-bond acceptors (Lipinski definition) is 9. The molecule has 0 bridgehead atoms. The van der Waals surface area contributed by atoms with Crippen LogP contribution in [0.2, 0.25) is 16.0 Å². The van der Waals surface area contributed by atoms with Crippen molar-refractivity contribution in [3.63, 3.8) is 0 Å². The predicted octanol–water partition coefficient (Wildman–Crippen LogP) is -3.22. The van der Waals surface area contributed by atoms with Gasteiger partial charge in [0, 0.05) is 0 Å². The van der Waals surface area contributed by atoms with Gasteiger partial charge in [-0.2, -0.15) is 0 Å². The molecule has 0 radical (unpaired) electrons. The zero-order valence-electron chi connectivity index (χ0n) is 10.4. The quantitative estimate of drug-likeness (QED) is 0.181. The number of rotatable bonds is 6. The normalized spacial score (nSPS) is 34.7. The number of hydrogen-bond donors (Lipinski definition) is 5. The van der Waals surface area contributed by atoms with Crippen LogP contribution in [0.5, 0.6) is 0 Å². The van der Waals surface area contributed by atoms with Crippen molar-refractivity contribution in [3.05, 3.63) is 0 Å². The van der Waals surface area contributed by atoms with Gasteiger partial charge in [0.05, 0.1) is 0 Å². The summed E-state index contributed by atoms with van der Waals surface area (Å²) in [6.07, 6.45) is -6.41. The topological polar surface area (TPSA) is 168 Å². The van der Waals surface area contributed by atoms with Crippen molar-refractivity contribution in [3.8, 4) is 0 Å². The molecule has 6 atom stereocenters. The van der Waals surface area contributed by atoms with Gasteiger partial charge in [0.1, 0.15) is 0 Å². The Morgan fingerprint density at radius 1 is 1.25 bits per heavy atom.